The molecule has 59 heavy (non-hydrogen) atoms. The van der Waals surface area contributed by atoms with Gasteiger partial charge in [0.1, 0.15) is 11.5 Å². The second-order valence-corrected chi connectivity index (χ2v) is 17.2. The number of nitrogens with zero attached hydrogens (tertiary/aromatic N) is 2. The fraction of sp³-hybridized carbons (Fsp3) is 0.489. The van der Waals surface area contributed by atoms with Crippen LogP contribution in [0.3, 0.4) is 0 Å². The third-order valence-electron chi connectivity index (χ3n) is 11.0. The largest absolute Gasteiger partial charge is 0.491 e. The van der Waals surface area contributed by atoms with Gasteiger partial charge in [0.25, 0.3) is 23.6 Å². The Morgan fingerprint density at radius 2 is 1.44 bits per heavy atom. The molecule has 1 heterocycles. The number of aromatic hydroxyl groups is 1. The van der Waals surface area contributed by atoms with Crippen LogP contribution in [-0.4, -0.2) is 51.7 Å². The molecule has 3 aromatic carbocycles. The molecule has 0 radical (unpaired) electrons. The zero-order valence-corrected chi connectivity index (χ0v) is 36.8. The molecule has 4 aromatic rings. The van der Waals surface area contributed by atoms with Crippen molar-refractivity contribution in [3.8, 4) is 23.3 Å². The van der Waals surface area contributed by atoms with Gasteiger partial charge in [0.15, 0.2) is 18.4 Å². The summed E-state index contributed by atoms with van der Waals surface area (Å²) < 4.78 is 19.9. The highest BCUT2D eigenvalue weighted by molar-refractivity contribution is 6.11. The van der Waals surface area contributed by atoms with Crippen molar-refractivity contribution in [1.29, 1.82) is 0 Å². The van der Waals surface area contributed by atoms with Gasteiger partial charge in [0.05, 0.1) is 25.4 Å². The van der Waals surface area contributed by atoms with Crippen LogP contribution in [0.5, 0.6) is 23.3 Å². The number of hydrogen-bond acceptors (Lipinski definition) is 8. The fourth-order valence-corrected chi connectivity index (χ4v) is 6.41. The van der Waals surface area contributed by atoms with Crippen molar-refractivity contribution < 1.29 is 33.7 Å². The summed E-state index contributed by atoms with van der Waals surface area (Å²) in [6.45, 7) is 21.9. The molecule has 320 valence electrons. The monoisotopic (exact) mass is 812 g/mol. The van der Waals surface area contributed by atoms with Crippen LogP contribution in [-0.2, 0) is 31.8 Å². The molecule has 1 aromatic heterocycles. The zero-order chi connectivity index (χ0) is 43.7. The highest BCUT2D eigenvalue weighted by Crippen LogP contribution is 2.39. The molecule has 0 bridgehead atoms. The quantitative estimate of drug-likeness (QED) is 0.0591. The maximum Gasteiger partial charge on any atom is 0.335 e. The summed E-state index contributed by atoms with van der Waals surface area (Å²) in [6, 6.07) is 18.3. The minimum atomic E-state index is -1.80. The van der Waals surface area contributed by atoms with E-state index in [0.717, 1.165) is 41.4 Å². The summed E-state index contributed by atoms with van der Waals surface area (Å²) in [6.07, 6.45) is 3.44. The summed E-state index contributed by atoms with van der Waals surface area (Å²) in [4.78, 5) is 56.1. The second-order valence-electron chi connectivity index (χ2n) is 17.2. The molecule has 12 heteroatoms. The third-order valence-corrected chi connectivity index (χ3v) is 11.0. The number of ether oxygens (including phenoxy) is 3. The summed E-state index contributed by atoms with van der Waals surface area (Å²) >= 11 is 0. The predicted molar refractivity (Wildman–Crippen MR) is 233 cm³/mol. The highest BCUT2D eigenvalue weighted by Gasteiger charge is 2.41. The number of rotatable bonds is 20. The van der Waals surface area contributed by atoms with Crippen molar-refractivity contribution >= 4 is 29.0 Å². The maximum absolute atomic E-state index is 14.4. The van der Waals surface area contributed by atoms with E-state index in [1.807, 2.05) is 43.3 Å². The van der Waals surface area contributed by atoms with E-state index in [2.05, 4.69) is 64.3 Å². The van der Waals surface area contributed by atoms with Crippen LogP contribution in [0.25, 0.3) is 0 Å². The standard InChI is InChI=1S/C47H64N4O8/c1-12-16-26-58-37-25-23-33(48-38(52)30-59-36-24-22-32(46(8,9)13-2)27-34(36)47(10,11)14-3)28-35(37)49-41(54)39(40(53)45(5,6)7)51-42(55)43(57-15-4)50(44(51)56)29-31-20-18-17-19-21-31/h17-25,27-28,39,55H,12-16,26,29-30H2,1-11H3,(H,48,52)(H,49,54). The Bertz CT molecular complexity index is 2140. The van der Waals surface area contributed by atoms with Crippen LogP contribution in [0.1, 0.15) is 125 Å². The second kappa shape index (κ2) is 19.5. The van der Waals surface area contributed by atoms with E-state index in [0.29, 0.717) is 18.0 Å². The molecule has 3 N–H and O–H groups in total. The van der Waals surface area contributed by atoms with Crippen molar-refractivity contribution in [1.82, 2.24) is 9.13 Å². The number of nitrogens with one attached hydrogen (secondary N) is 2. The first-order valence-corrected chi connectivity index (χ1v) is 20.7. The number of anilines is 2. The van der Waals surface area contributed by atoms with Crippen LogP contribution < -0.4 is 30.5 Å². The minimum Gasteiger partial charge on any atom is -0.491 e. The van der Waals surface area contributed by atoms with E-state index < -0.39 is 40.6 Å². The molecule has 2 amide bonds. The van der Waals surface area contributed by atoms with Crippen molar-refractivity contribution in [2.24, 2.45) is 5.41 Å². The van der Waals surface area contributed by atoms with E-state index in [1.54, 1.807) is 39.8 Å². The fourth-order valence-electron chi connectivity index (χ4n) is 6.41. The molecule has 0 saturated heterocycles. The van der Waals surface area contributed by atoms with Crippen LogP contribution in [0.15, 0.2) is 71.5 Å². The first-order valence-electron chi connectivity index (χ1n) is 20.7. The SMILES string of the molecule is CCCCOc1ccc(NC(=O)COc2ccc(C(C)(C)CC)cc2C(C)(C)CC)cc1NC(=O)C(C(=O)C(C)(C)C)n1c(O)c(OCC)n(Cc2ccccc2)c1=O. The minimum absolute atomic E-state index is 0.0223. The van der Waals surface area contributed by atoms with Crippen molar-refractivity contribution in [3.63, 3.8) is 0 Å². The number of carbonyl (C=O) groups is 3. The number of carbonyl (C=O) groups excluding carboxylic acids is 3. The molecule has 0 fully saturated rings. The Balaban J connectivity index is 1.69. The predicted octanol–water partition coefficient (Wildman–Crippen LogP) is 9.17. The molecule has 0 aliphatic carbocycles. The number of unbranched alkanes of at least 4 members (excludes halogenated alkanes) is 1. The lowest BCUT2D eigenvalue weighted by Gasteiger charge is -2.30. The lowest BCUT2D eigenvalue weighted by molar-refractivity contribution is -0.135. The number of amides is 2. The Morgan fingerprint density at radius 1 is 0.780 bits per heavy atom. The Kier molecular flexibility index (Phi) is 15.3. The molecule has 1 atom stereocenters. The van der Waals surface area contributed by atoms with Crippen LogP contribution in [0.4, 0.5) is 11.4 Å². The lowest BCUT2D eigenvalue weighted by Crippen LogP contribution is -2.43. The highest BCUT2D eigenvalue weighted by atomic mass is 16.5. The van der Waals surface area contributed by atoms with Gasteiger partial charge in [-0.3, -0.25) is 19.0 Å². The van der Waals surface area contributed by atoms with Gasteiger partial charge < -0.3 is 30.0 Å². The molecule has 12 nitrogen and oxygen atoms in total. The topological polar surface area (TPSA) is 150 Å². The van der Waals surface area contributed by atoms with Gasteiger partial charge in [-0.15, -0.1) is 0 Å². The molecular formula is C47H64N4O8. The van der Waals surface area contributed by atoms with E-state index in [4.69, 9.17) is 14.2 Å². The van der Waals surface area contributed by atoms with E-state index >= 15 is 0 Å². The number of hydrogen-bond donors (Lipinski definition) is 3. The van der Waals surface area contributed by atoms with Gasteiger partial charge in [-0.2, -0.15) is 0 Å². The van der Waals surface area contributed by atoms with Gasteiger partial charge in [-0.05, 0) is 72.4 Å². The van der Waals surface area contributed by atoms with Gasteiger partial charge in [0.2, 0.25) is 0 Å². The molecule has 1 unspecified atom stereocenters. The Morgan fingerprint density at radius 3 is 2.05 bits per heavy atom. The first kappa shape index (κ1) is 46.2. The summed E-state index contributed by atoms with van der Waals surface area (Å²) in [7, 11) is 0. The van der Waals surface area contributed by atoms with Crippen LogP contribution >= 0.6 is 0 Å². The summed E-state index contributed by atoms with van der Waals surface area (Å²) in [5.41, 5.74) is 1.32. The van der Waals surface area contributed by atoms with E-state index in [-0.39, 0.29) is 47.9 Å². The smallest absolute Gasteiger partial charge is 0.335 e. The molecule has 0 aliphatic rings. The van der Waals surface area contributed by atoms with Gasteiger partial charge in [0, 0.05) is 16.7 Å². The molecule has 4 rings (SSSR count). The summed E-state index contributed by atoms with van der Waals surface area (Å²) in [5.74, 6) is -1.84. The van der Waals surface area contributed by atoms with Crippen molar-refractivity contribution in [2.75, 3.05) is 30.5 Å². The third kappa shape index (κ3) is 11.2. The van der Waals surface area contributed by atoms with Crippen LogP contribution in [0.2, 0.25) is 0 Å². The maximum atomic E-state index is 14.4. The summed E-state index contributed by atoms with van der Waals surface area (Å²) in [5, 5.41) is 17.2. The number of benzene rings is 3. The number of aromatic nitrogens is 2. The lowest BCUT2D eigenvalue weighted by atomic mass is 9.76. The Hall–Kier alpha value is -5.52. The zero-order valence-electron chi connectivity index (χ0n) is 36.8. The van der Waals surface area contributed by atoms with E-state index in [1.165, 1.54) is 16.2 Å². The van der Waals surface area contributed by atoms with Crippen LogP contribution in [0, 0.1) is 5.41 Å². The number of ketones is 1. The normalized spacial score (nSPS) is 12.5. The van der Waals surface area contributed by atoms with E-state index in [9.17, 15) is 24.3 Å². The number of Topliss-reactive ketones (excluding diaryl/α,β-unsaturated/α-hetero) is 1. The molecular weight excluding hydrogens is 749 g/mol. The van der Waals surface area contributed by atoms with Crippen molar-refractivity contribution in [3.05, 3.63) is 93.9 Å². The van der Waals surface area contributed by atoms with Gasteiger partial charge in [-0.25, -0.2) is 9.36 Å². The first-order chi connectivity index (χ1) is 27.8. The van der Waals surface area contributed by atoms with Gasteiger partial charge in [-0.1, -0.05) is 118 Å². The molecule has 0 aliphatic heterocycles. The molecule has 0 saturated carbocycles. The van der Waals surface area contributed by atoms with Crippen molar-refractivity contribution in [2.45, 2.75) is 125 Å². The average Bonchev–Trinajstić information content (AvgIpc) is 3.41. The Labute approximate surface area is 349 Å². The van der Waals surface area contributed by atoms with Gasteiger partial charge >= 0.3 is 5.69 Å². The average molecular weight is 813 g/mol. The number of imidazole rings is 1. The molecule has 0 spiro atoms.